The molecule has 0 unspecified atom stereocenters. The number of unbranched alkanes of at least 4 members (excludes halogenated alkanes) is 8. The van der Waals surface area contributed by atoms with Crippen molar-refractivity contribution in [3.8, 4) is 0 Å². The van der Waals surface area contributed by atoms with Gasteiger partial charge in [0.25, 0.3) is 0 Å². The third-order valence-corrected chi connectivity index (χ3v) is 4.64. The van der Waals surface area contributed by atoms with Crippen molar-refractivity contribution in [3.05, 3.63) is 23.9 Å². The van der Waals surface area contributed by atoms with Crippen molar-refractivity contribution in [2.24, 2.45) is 0 Å². The summed E-state index contributed by atoms with van der Waals surface area (Å²) in [7, 11) is 0. The van der Waals surface area contributed by atoms with Crippen LogP contribution in [0.1, 0.15) is 70.3 Å². The number of aliphatic hydroxyl groups is 1. The van der Waals surface area contributed by atoms with Crippen LogP contribution in [0.25, 0.3) is 0 Å². The Kier molecular flexibility index (Phi) is 10.7. The van der Waals surface area contributed by atoms with E-state index in [0.717, 1.165) is 16.3 Å². The molecular weight excluding hydrogens is 266 g/mol. The number of hydrogen-bond acceptors (Lipinski definition) is 3. The average molecular weight is 295 g/mol. The Hall–Kier alpha value is -0.540. The third-order valence-electron chi connectivity index (χ3n) is 3.51. The summed E-state index contributed by atoms with van der Waals surface area (Å²) in [6, 6.07) is 3.83. The highest BCUT2D eigenvalue weighted by molar-refractivity contribution is 7.99. The summed E-state index contributed by atoms with van der Waals surface area (Å²) in [6.45, 7) is 2.36. The summed E-state index contributed by atoms with van der Waals surface area (Å²) in [6.07, 6.45) is 14.1. The molecule has 1 aromatic rings. The van der Waals surface area contributed by atoms with Gasteiger partial charge < -0.3 is 5.11 Å². The molecule has 1 aromatic heterocycles. The molecule has 0 radical (unpaired) electrons. The molecule has 20 heavy (non-hydrogen) atoms. The van der Waals surface area contributed by atoms with Gasteiger partial charge >= 0.3 is 0 Å². The van der Waals surface area contributed by atoms with Crippen LogP contribution in [0.15, 0.2) is 23.4 Å². The molecule has 0 amide bonds. The lowest BCUT2D eigenvalue weighted by atomic mass is 10.1. The van der Waals surface area contributed by atoms with Crippen LogP contribution in [0, 0.1) is 0 Å². The monoisotopic (exact) mass is 295 g/mol. The Labute approximate surface area is 128 Å². The van der Waals surface area contributed by atoms with E-state index < -0.39 is 0 Å². The van der Waals surface area contributed by atoms with Gasteiger partial charge in [0.15, 0.2) is 0 Å². The Morgan fingerprint density at radius 3 is 2.30 bits per heavy atom. The number of rotatable bonds is 12. The molecule has 0 aliphatic carbocycles. The summed E-state index contributed by atoms with van der Waals surface area (Å²) < 4.78 is 0. The summed E-state index contributed by atoms with van der Waals surface area (Å²) >= 11 is 1.78. The second-order valence-electron chi connectivity index (χ2n) is 5.30. The quantitative estimate of drug-likeness (QED) is 0.425. The van der Waals surface area contributed by atoms with E-state index in [-0.39, 0.29) is 6.61 Å². The fraction of sp³-hybridized carbons (Fsp3) is 0.706. The van der Waals surface area contributed by atoms with Crippen molar-refractivity contribution in [2.75, 3.05) is 5.75 Å². The van der Waals surface area contributed by atoms with Crippen LogP contribution in [0.4, 0.5) is 0 Å². The smallest absolute Gasteiger partial charge is 0.101 e. The van der Waals surface area contributed by atoms with Crippen molar-refractivity contribution in [1.29, 1.82) is 0 Å². The van der Waals surface area contributed by atoms with Crippen LogP contribution in [0.2, 0.25) is 0 Å². The lowest BCUT2D eigenvalue weighted by Crippen LogP contribution is -1.91. The first-order valence-corrected chi connectivity index (χ1v) is 9.04. The van der Waals surface area contributed by atoms with E-state index in [9.17, 15) is 5.11 Å². The fourth-order valence-electron chi connectivity index (χ4n) is 2.26. The minimum Gasteiger partial charge on any atom is -0.392 e. The van der Waals surface area contributed by atoms with Gasteiger partial charge in [0.05, 0.1) is 6.61 Å². The van der Waals surface area contributed by atoms with Crippen molar-refractivity contribution in [1.82, 2.24) is 4.98 Å². The average Bonchev–Trinajstić information content (AvgIpc) is 2.49. The standard InChI is InChI=1S/C17H29NOS/c1-2-3-4-5-6-7-8-9-10-14-20-17-16(15-19)12-11-13-18-17/h11-13,19H,2-10,14-15H2,1H3. The van der Waals surface area contributed by atoms with Gasteiger partial charge in [-0.05, 0) is 18.2 Å². The molecule has 0 bridgehead atoms. The van der Waals surface area contributed by atoms with Crippen LogP contribution in [0.5, 0.6) is 0 Å². The van der Waals surface area contributed by atoms with Gasteiger partial charge in [0, 0.05) is 11.8 Å². The summed E-state index contributed by atoms with van der Waals surface area (Å²) in [5.74, 6) is 1.11. The van der Waals surface area contributed by atoms with Gasteiger partial charge in [-0.3, -0.25) is 0 Å². The topological polar surface area (TPSA) is 33.1 Å². The first kappa shape index (κ1) is 17.5. The predicted molar refractivity (Wildman–Crippen MR) is 88.1 cm³/mol. The molecule has 114 valence electrons. The van der Waals surface area contributed by atoms with E-state index >= 15 is 0 Å². The minimum absolute atomic E-state index is 0.0912. The lowest BCUT2D eigenvalue weighted by Gasteiger charge is -2.05. The van der Waals surface area contributed by atoms with Crippen LogP contribution in [-0.4, -0.2) is 15.8 Å². The number of hydrogen-bond donors (Lipinski definition) is 1. The Morgan fingerprint density at radius 1 is 1.00 bits per heavy atom. The highest BCUT2D eigenvalue weighted by atomic mass is 32.2. The zero-order valence-electron chi connectivity index (χ0n) is 12.8. The molecule has 3 heteroatoms. The number of nitrogens with zero attached hydrogens (tertiary/aromatic N) is 1. The maximum Gasteiger partial charge on any atom is 0.101 e. The van der Waals surface area contributed by atoms with E-state index in [4.69, 9.17) is 0 Å². The highest BCUT2D eigenvalue weighted by Gasteiger charge is 2.02. The number of thioether (sulfide) groups is 1. The van der Waals surface area contributed by atoms with Crippen molar-refractivity contribution >= 4 is 11.8 Å². The fourth-order valence-corrected chi connectivity index (χ4v) is 3.25. The third kappa shape index (κ3) is 7.91. The zero-order valence-corrected chi connectivity index (χ0v) is 13.6. The number of aromatic nitrogens is 1. The molecule has 0 saturated heterocycles. The second-order valence-corrected chi connectivity index (χ2v) is 6.39. The minimum atomic E-state index is 0.0912. The van der Waals surface area contributed by atoms with Crippen LogP contribution >= 0.6 is 11.8 Å². The molecule has 1 N–H and O–H groups in total. The maximum atomic E-state index is 9.23. The SMILES string of the molecule is CCCCCCCCCCCSc1ncccc1CO. The molecule has 1 heterocycles. The normalized spacial score (nSPS) is 10.9. The molecule has 0 atom stereocenters. The van der Waals surface area contributed by atoms with E-state index in [2.05, 4.69) is 11.9 Å². The Bertz CT molecular complexity index is 344. The zero-order chi connectivity index (χ0) is 14.5. The molecule has 0 aliphatic rings. The largest absolute Gasteiger partial charge is 0.392 e. The molecular formula is C17H29NOS. The first-order chi connectivity index (χ1) is 9.88. The second kappa shape index (κ2) is 12.2. The molecule has 1 rings (SSSR count). The number of pyridine rings is 1. The molecule has 0 saturated carbocycles. The lowest BCUT2D eigenvalue weighted by molar-refractivity contribution is 0.278. The van der Waals surface area contributed by atoms with Gasteiger partial charge in [-0.1, -0.05) is 64.4 Å². The van der Waals surface area contributed by atoms with Gasteiger partial charge in [-0.2, -0.15) is 0 Å². The van der Waals surface area contributed by atoms with E-state index in [1.807, 2.05) is 12.1 Å². The molecule has 0 aromatic carbocycles. The summed E-state index contributed by atoms with van der Waals surface area (Å²) in [5.41, 5.74) is 0.952. The summed E-state index contributed by atoms with van der Waals surface area (Å²) in [5, 5.41) is 10.2. The molecule has 2 nitrogen and oxygen atoms in total. The van der Waals surface area contributed by atoms with Crippen molar-refractivity contribution in [3.63, 3.8) is 0 Å². The number of aliphatic hydroxyl groups excluding tert-OH is 1. The van der Waals surface area contributed by atoms with Crippen LogP contribution < -0.4 is 0 Å². The Morgan fingerprint density at radius 2 is 1.65 bits per heavy atom. The van der Waals surface area contributed by atoms with E-state index in [1.165, 1.54) is 57.8 Å². The predicted octanol–water partition coefficient (Wildman–Crippen LogP) is 5.20. The van der Waals surface area contributed by atoms with Crippen molar-refractivity contribution < 1.29 is 5.11 Å². The van der Waals surface area contributed by atoms with Gasteiger partial charge in [0.1, 0.15) is 5.03 Å². The molecule has 0 spiro atoms. The van der Waals surface area contributed by atoms with Gasteiger partial charge in [0.2, 0.25) is 0 Å². The van der Waals surface area contributed by atoms with Gasteiger partial charge in [-0.25, -0.2) is 4.98 Å². The molecule has 0 aliphatic heterocycles. The van der Waals surface area contributed by atoms with Crippen molar-refractivity contribution in [2.45, 2.75) is 76.3 Å². The van der Waals surface area contributed by atoms with E-state index in [1.54, 1.807) is 18.0 Å². The summed E-state index contributed by atoms with van der Waals surface area (Å²) in [4.78, 5) is 4.33. The van der Waals surface area contributed by atoms with Crippen LogP contribution in [0.3, 0.4) is 0 Å². The van der Waals surface area contributed by atoms with Crippen LogP contribution in [-0.2, 0) is 6.61 Å². The Balaban J connectivity index is 1.97. The van der Waals surface area contributed by atoms with Gasteiger partial charge in [-0.15, -0.1) is 11.8 Å². The first-order valence-electron chi connectivity index (χ1n) is 8.06. The maximum absolute atomic E-state index is 9.23. The molecule has 0 fully saturated rings. The highest BCUT2D eigenvalue weighted by Crippen LogP contribution is 2.21. The van der Waals surface area contributed by atoms with E-state index in [0.29, 0.717) is 0 Å².